The average molecular weight is 492 g/mol. The first-order valence-corrected chi connectivity index (χ1v) is 13.5. The van der Waals surface area contributed by atoms with Gasteiger partial charge in [0.2, 0.25) is 0 Å². The number of hydrogen-bond acceptors (Lipinski definition) is 3. The van der Waals surface area contributed by atoms with Gasteiger partial charge in [-0.05, 0) is 43.7 Å². The molecule has 0 atom stereocenters. The number of nitrogens with zero attached hydrogens (tertiary/aromatic N) is 3. The van der Waals surface area contributed by atoms with Crippen LogP contribution in [-0.2, 0) is 13.1 Å². The summed E-state index contributed by atoms with van der Waals surface area (Å²) in [5.74, 6) is 0.0146. The Labute approximate surface area is 218 Å². The van der Waals surface area contributed by atoms with E-state index in [1.165, 1.54) is 0 Å². The lowest BCUT2D eigenvalue weighted by molar-refractivity contribution is -0.898. The van der Waals surface area contributed by atoms with Gasteiger partial charge in [0.25, 0.3) is 5.91 Å². The van der Waals surface area contributed by atoms with Gasteiger partial charge in [-0.25, -0.2) is 4.98 Å². The molecule has 5 nitrogen and oxygen atoms in total. The monoisotopic (exact) mass is 491 g/mol. The summed E-state index contributed by atoms with van der Waals surface area (Å²) in [4.78, 5) is 21.7. The zero-order valence-corrected chi connectivity index (χ0v) is 21.2. The summed E-state index contributed by atoms with van der Waals surface area (Å²) in [5.41, 5.74) is 5.07. The number of carbonyl (C=O) groups is 1. The van der Waals surface area contributed by atoms with Gasteiger partial charge in [0, 0.05) is 29.1 Å². The van der Waals surface area contributed by atoms with E-state index in [4.69, 9.17) is 4.98 Å². The summed E-state index contributed by atoms with van der Waals surface area (Å²) in [6.07, 6.45) is 4.99. The molecule has 3 aromatic carbocycles. The number of benzene rings is 3. The van der Waals surface area contributed by atoms with Gasteiger partial charge < -0.3 is 14.8 Å². The van der Waals surface area contributed by atoms with Crippen LogP contribution in [0.3, 0.4) is 0 Å². The highest BCUT2D eigenvalue weighted by molar-refractivity contribution is 6.09. The third kappa shape index (κ3) is 5.02. The fourth-order valence-electron chi connectivity index (χ4n) is 5.70. The predicted octanol–water partition coefficient (Wildman–Crippen LogP) is 6.71. The van der Waals surface area contributed by atoms with Crippen molar-refractivity contribution in [2.45, 2.75) is 51.2 Å². The summed E-state index contributed by atoms with van der Waals surface area (Å²) >= 11 is 0. The highest BCUT2D eigenvalue weighted by Crippen LogP contribution is 2.37. The number of carbonyl (C=O) groups excluding carboxylic acids is 1. The number of amides is 1. The predicted molar refractivity (Wildman–Crippen MR) is 147 cm³/mol. The molecule has 1 saturated carbocycles. The maximum absolute atomic E-state index is 14.6. The number of pyridine rings is 1. The van der Waals surface area contributed by atoms with Crippen molar-refractivity contribution < 1.29 is 9.44 Å². The van der Waals surface area contributed by atoms with Crippen LogP contribution in [-0.4, -0.2) is 39.6 Å². The fourth-order valence-corrected chi connectivity index (χ4v) is 5.70. The van der Waals surface area contributed by atoms with Crippen molar-refractivity contribution in [3.63, 3.8) is 0 Å². The van der Waals surface area contributed by atoms with Crippen molar-refractivity contribution in [3.8, 4) is 11.3 Å². The molecule has 0 bridgehead atoms. The molecule has 2 aliphatic rings. The second-order valence-electron chi connectivity index (χ2n) is 10.6. The standard InChI is InChI=1S/C32H33N3O2/c36-32(34(26-18-19-26)22-24-12-4-1-5-13-24)30-27-16-8-9-17-29(27)33-31(25-14-6-2-7-15-25)28(30)23-35(37)20-10-3-11-21-35/h1-2,4-9,12-17,26H,3,10-11,18-23H2. The second kappa shape index (κ2) is 10.1. The lowest BCUT2D eigenvalue weighted by atomic mass is 9.94. The highest BCUT2D eigenvalue weighted by Gasteiger charge is 2.37. The van der Waals surface area contributed by atoms with E-state index in [9.17, 15) is 10.0 Å². The largest absolute Gasteiger partial charge is 0.633 e. The van der Waals surface area contributed by atoms with E-state index in [0.29, 0.717) is 25.2 Å². The van der Waals surface area contributed by atoms with Crippen LogP contribution in [0.4, 0.5) is 0 Å². The van der Waals surface area contributed by atoms with E-state index in [0.717, 1.165) is 65.4 Å². The molecule has 1 amide bonds. The molecule has 0 N–H and O–H groups in total. The SMILES string of the molecule is O=C(c1c(C[N+]2([O-])CCCCC2)c(-c2ccccc2)nc2ccccc12)N(Cc1ccccc1)C1CC1. The van der Waals surface area contributed by atoms with Gasteiger partial charge in [0.1, 0.15) is 6.54 Å². The van der Waals surface area contributed by atoms with Crippen molar-refractivity contribution >= 4 is 16.8 Å². The van der Waals surface area contributed by atoms with Gasteiger partial charge in [-0.2, -0.15) is 0 Å². The smallest absolute Gasteiger partial charge is 0.255 e. The summed E-state index contributed by atoms with van der Waals surface area (Å²) in [5, 5.41) is 14.8. The minimum Gasteiger partial charge on any atom is -0.633 e. The summed E-state index contributed by atoms with van der Waals surface area (Å²) < 4.78 is -0.289. The van der Waals surface area contributed by atoms with E-state index in [1.54, 1.807) is 0 Å². The molecule has 2 heterocycles. The Morgan fingerprint density at radius 2 is 1.51 bits per heavy atom. The van der Waals surface area contributed by atoms with Gasteiger partial charge in [-0.3, -0.25) is 4.79 Å². The lowest BCUT2D eigenvalue weighted by Gasteiger charge is -2.46. The number of rotatable bonds is 7. The first kappa shape index (κ1) is 23.8. The van der Waals surface area contributed by atoms with Gasteiger partial charge in [0.15, 0.2) is 0 Å². The number of para-hydroxylation sites is 1. The minimum absolute atomic E-state index is 0.0146. The summed E-state index contributed by atoms with van der Waals surface area (Å²) in [7, 11) is 0. The quantitative estimate of drug-likeness (QED) is 0.213. The molecule has 0 radical (unpaired) electrons. The number of piperidine rings is 1. The Morgan fingerprint density at radius 1 is 0.865 bits per heavy atom. The minimum atomic E-state index is -0.289. The van der Waals surface area contributed by atoms with E-state index in [-0.39, 0.29) is 23.1 Å². The van der Waals surface area contributed by atoms with Crippen LogP contribution in [0.15, 0.2) is 84.9 Å². The molecular formula is C32H33N3O2. The van der Waals surface area contributed by atoms with Gasteiger partial charge in [0.05, 0.1) is 29.9 Å². The van der Waals surface area contributed by atoms with E-state index in [2.05, 4.69) is 12.1 Å². The summed E-state index contributed by atoms with van der Waals surface area (Å²) in [6, 6.07) is 28.4. The molecule has 188 valence electrons. The fraction of sp³-hybridized carbons (Fsp3) is 0.312. The highest BCUT2D eigenvalue weighted by atomic mass is 16.5. The van der Waals surface area contributed by atoms with Crippen LogP contribution in [0, 0.1) is 5.21 Å². The topological polar surface area (TPSA) is 56.3 Å². The van der Waals surface area contributed by atoms with E-state index in [1.807, 2.05) is 77.7 Å². The number of hydrogen-bond donors (Lipinski definition) is 0. The Kier molecular flexibility index (Phi) is 6.49. The molecule has 1 aliphatic carbocycles. The van der Waals surface area contributed by atoms with Gasteiger partial charge >= 0.3 is 0 Å². The normalized spacial score (nSPS) is 17.0. The molecule has 1 aliphatic heterocycles. The lowest BCUT2D eigenvalue weighted by Crippen LogP contribution is -2.46. The molecule has 6 rings (SSSR count). The zero-order chi connectivity index (χ0) is 25.2. The van der Waals surface area contributed by atoms with Crippen molar-refractivity contribution in [2.24, 2.45) is 0 Å². The number of hydroxylamine groups is 3. The zero-order valence-electron chi connectivity index (χ0n) is 21.2. The molecule has 2 fully saturated rings. The van der Waals surface area contributed by atoms with Gasteiger partial charge in [-0.15, -0.1) is 0 Å². The molecule has 0 unspecified atom stereocenters. The Hall–Kier alpha value is -3.54. The van der Waals surface area contributed by atoms with Crippen molar-refractivity contribution in [3.05, 3.63) is 107 Å². The van der Waals surface area contributed by atoms with Crippen LogP contribution in [0.2, 0.25) is 0 Å². The van der Waals surface area contributed by atoms with Crippen molar-refractivity contribution in [1.82, 2.24) is 9.88 Å². The third-order valence-corrected chi connectivity index (χ3v) is 7.78. The Morgan fingerprint density at radius 3 is 2.22 bits per heavy atom. The van der Waals surface area contributed by atoms with Crippen molar-refractivity contribution in [2.75, 3.05) is 13.1 Å². The van der Waals surface area contributed by atoms with E-state index >= 15 is 0 Å². The van der Waals surface area contributed by atoms with Crippen LogP contribution in [0.25, 0.3) is 22.2 Å². The molecule has 1 saturated heterocycles. The summed E-state index contributed by atoms with van der Waals surface area (Å²) in [6.45, 7) is 2.02. The van der Waals surface area contributed by atoms with E-state index < -0.39 is 0 Å². The first-order valence-electron chi connectivity index (χ1n) is 13.5. The van der Waals surface area contributed by atoms with Crippen molar-refractivity contribution in [1.29, 1.82) is 0 Å². The third-order valence-electron chi connectivity index (χ3n) is 7.78. The maximum Gasteiger partial charge on any atom is 0.255 e. The number of aromatic nitrogens is 1. The maximum atomic E-state index is 14.6. The van der Waals surface area contributed by atoms with Crippen LogP contribution >= 0.6 is 0 Å². The molecule has 1 aromatic heterocycles. The number of likely N-dealkylation sites (tertiary alicyclic amines) is 1. The van der Waals surface area contributed by atoms with Crippen LogP contribution in [0.5, 0.6) is 0 Å². The molecule has 4 aromatic rings. The first-order chi connectivity index (χ1) is 18.1. The molecule has 0 spiro atoms. The molecule has 5 heteroatoms. The molecular weight excluding hydrogens is 458 g/mol. The van der Waals surface area contributed by atoms with Crippen LogP contribution in [0.1, 0.15) is 53.6 Å². The van der Waals surface area contributed by atoms with Gasteiger partial charge in [-0.1, -0.05) is 78.9 Å². The number of fused-ring (bicyclic) bond motifs is 1. The second-order valence-corrected chi connectivity index (χ2v) is 10.6. The molecule has 37 heavy (non-hydrogen) atoms. The van der Waals surface area contributed by atoms with Crippen LogP contribution < -0.4 is 0 Å². The average Bonchev–Trinajstić information content (AvgIpc) is 3.78. The Bertz CT molecular complexity index is 1390. The Balaban J connectivity index is 1.54. The number of quaternary nitrogens is 1.